The fourth-order valence-corrected chi connectivity index (χ4v) is 1.12. The Kier molecular flexibility index (Phi) is 5.60. The zero-order valence-electron chi connectivity index (χ0n) is 10.3. The highest BCUT2D eigenvalue weighted by Gasteiger charge is 2.18. The van der Waals surface area contributed by atoms with Crippen LogP contribution in [0.15, 0.2) is 0 Å². The van der Waals surface area contributed by atoms with Crippen LogP contribution in [0.1, 0.15) is 20.8 Å². The maximum atomic E-state index is 11.6. The van der Waals surface area contributed by atoms with Crippen LogP contribution in [0.25, 0.3) is 0 Å². The summed E-state index contributed by atoms with van der Waals surface area (Å²) in [4.78, 5) is 13.2. The Morgan fingerprint density at radius 1 is 1.53 bits per heavy atom. The second kappa shape index (κ2) is 5.92. The first-order chi connectivity index (χ1) is 6.76. The van der Waals surface area contributed by atoms with E-state index in [0.29, 0.717) is 13.2 Å². The van der Waals surface area contributed by atoms with E-state index in [1.165, 1.54) is 0 Å². The molecule has 0 aromatic rings. The van der Waals surface area contributed by atoms with Gasteiger partial charge in [-0.15, -0.1) is 0 Å². The Hall–Kier alpha value is -0.810. The fraction of sp³-hybridized carbons (Fsp3) is 0.900. The molecule has 5 heteroatoms. The normalized spacial score (nSPS) is 13.5. The third kappa shape index (κ3) is 7.16. The van der Waals surface area contributed by atoms with Crippen LogP contribution < -0.4 is 11.1 Å². The van der Waals surface area contributed by atoms with Gasteiger partial charge in [0.15, 0.2) is 0 Å². The van der Waals surface area contributed by atoms with Gasteiger partial charge in [0.1, 0.15) is 0 Å². The van der Waals surface area contributed by atoms with Gasteiger partial charge in [-0.2, -0.15) is 0 Å². The molecule has 15 heavy (non-hydrogen) atoms. The van der Waals surface area contributed by atoms with Crippen molar-refractivity contribution in [3.05, 3.63) is 0 Å². The number of carbonyl (C=O) groups excluding carboxylic acids is 1. The number of amides is 2. The molecule has 0 saturated heterocycles. The molecule has 0 heterocycles. The molecule has 0 radical (unpaired) electrons. The number of likely N-dealkylation sites (N-methyl/N-ethyl adjacent to an activating group) is 1. The highest BCUT2D eigenvalue weighted by atomic mass is 16.5. The molecule has 1 atom stereocenters. The topological polar surface area (TPSA) is 67.6 Å². The minimum Gasteiger partial charge on any atom is -0.383 e. The average Bonchev–Trinajstić information content (AvgIpc) is 2.00. The zero-order chi connectivity index (χ0) is 12.1. The van der Waals surface area contributed by atoms with Crippen molar-refractivity contribution < 1.29 is 9.53 Å². The van der Waals surface area contributed by atoms with Crippen LogP contribution in [0.5, 0.6) is 0 Å². The highest BCUT2D eigenvalue weighted by Crippen LogP contribution is 2.00. The predicted octanol–water partition coefficient (Wildman–Crippen LogP) is 0.400. The van der Waals surface area contributed by atoms with Gasteiger partial charge in [-0.3, -0.25) is 0 Å². The van der Waals surface area contributed by atoms with E-state index in [-0.39, 0.29) is 17.6 Å². The number of urea groups is 1. The van der Waals surface area contributed by atoms with Crippen LogP contribution in [0.3, 0.4) is 0 Å². The number of carbonyl (C=O) groups is 1. The number of nitrogens with one attached hydrogen (secondary N) is 1. The van der Waals surface area contributed by atoms with Crippen LogP contribution in [-0.4, -0.2) is 49.8 Å². The summed E-state index contributed by atoms with van der Waals surface area (Å²) in [6.07, 6.45) is 0. The standard InChI is InChI=1S/C10H23N3O2/c1-10(2,3)12-9(14)13(4)6-8(11)7-15-5/h8H,6-7,11H2,1-5H3,(H,12,14). The molecule has 0 aliphatic carbocycles. The number of nitrogens with zero attached hydrogens (tertiary/aromatic N) is 1. The van der Waals surface area contributed by atoms with Crippen molar-refractivity contribution in [1.29, 1.82) is 0 Å². The van der Waals surface area contributed by atoms with Gasteiger partial charge < -0.3 is 20.7 Å². The first kappa shape index (κ1) is 14.2. The van der Waals surface area contributed by atoms with Gasteiger partial charge in [-0.05, 0) is 20.8 Å². The van der Waals surface area contributed by atoms with Crippen molar-refractivity contribution in [2.24, 2.45) is 5.73 Å². The van der Waals surface area contributed by atoms with Gasteiger partial charge in [-0.25, -0.2) is 4.79 Å². The van der Waals surface area contributed by atoms with E-state index in [2.05, 4.69) is 5.32 Å². The van der Waals surface area contributed by atoms with E-state index >= 15 is 0 Å². The maximum absolute atomic E-state index is 11.6. The molecular formula is C10H23N3O2. The van der Waals surface area contributed by atoms with E-state index in [4.69, 9.17) is 10.5 Å². The van der Waals surface area contributed by atoms with Crippen LogP contribution in [0, 0.1) is 0 Å². The molecule has 0 spiro atoms. The van der Waals surface area contributed by atoms with Crippen molar-refractivity contribution in [2.45, 2.75) is 32.4 Å². The van der Waals surface area contributed by atoms with Crippen LogP contribution in [0.2, 0.25) is 0 Å². The lowest BCUT2D eigenvalue weighted by molar-refractivity contribution is 0.158. The van der Waals surface area contributed by atoms with Gasteiger partial charge in [-0.1, -0.05) is 0 Å². The lowest BCUT2D eigenvalue weighted by Gasteiger charge is -2.27. The summed E-state index contributed by atoms with van der Waals surface area (Å²) < 4.78 is 4.90. The number of hydrogen-bond acceptors (Lipinski definition) is 3. The Bertz CT molecular complexity index is 201. The summed E-state index contributed by atoms with van der Waals surface area (Å²) in [6.45, 7) is 6.75. The third-order valence-corrected chi connectivity index (χ3v) is 1.72. The number of nitrogens with two attached hydrogens (primary N) is 1. The van der Waals surface area contributed by atoms with Crippen molar-refractivity contribution in [3.63, 3.8) is 0 Å². The quantitative estimate of drug-likeness (QED) is 0.716. The largest absolute Gasteiger partial charge is 0.383 e. The summed E-state index contributed by atoms with van der Waals surface area (Å²) in [7, 11) is 3.31. The monoisotopic (exact) mass is 217 g/mol. The summed E-state index contributed by atoms with van der Waals surface area (Å²) in [5.41, 5.74) is 5.51. The minimum atomic E-state index is -0.226. The Morgan fingerprint density at radius 3 is 2.47 bits per heavy atom. The molecule has 0 bridgehead atoms. The molecule has 90 valence electrons. The Labute approximate surface area is 91.9 Å². The molecule has 0 aromatic carbocycles. The van der Waals surface area contributed by atoms with Gasteiger partial charge in [0.2, 0.25) is 0 Å². The lowest BCUT2D eigenvalue weighted by atomic mass is 10.1. The van der Waals surface area contributed by atoms with Crippen LogP contribution in [-0.2, 0) is 4.74 Å². The molecular weight excluding hydrogens is 194 g/mol. The van der Waals surface area contributed by atoms with Gasteiger partial charge in [0, 0.05) is 32.3 Å². The molecule has 0 fully saturated rings. The van der Waals surface area contributed by atoms with Gasteiger partial charge in [0.25, 0.3) is 0 Å². The number of methoxy groups -OCH3 is 1. The van der Waals surface area contributed by atoms with Gasteiger partial charge >= 0.3 is 6.03 Å². The second-order valence-electron chi connectivity index (χ2n) is 4.78. The molecule has 5 nitrogen and oxygen atoms in total. The maximum Gasteiger partial charge on any atom is 0.317 e. The van der Waals surface area contributed by atoms with E-state index in [0.717, 1.165) is 0 Å². The molecule has 0 aliphatic heterocycles. The number of ether oxygens (including phenoxy) is 1. The average molecular weight is 217 g/mol. The van der Waals surface area contributed by atoms with Crippen molar-refractivity contribution in [3.8, 4) is 0 Å². The first-order valence-electron chi connectivity index (χ1n) is 5.04. The van der Waals surface area contributed by atoms with Crippen molar-refractivity contribution in [1.82, 2.24) is 10.2 Å². The van der Waals surface area contributed by atoms with E-state index in [1.807, 2.05) is 20.8 Å². The molecule has 0 rings (SSSR count). The minimum absolute atomic E-state index is 0.117. The predicted molar refractivity (Wildman–Crippen MR) is 60.8 cm³/mol. The summed E-state index contributed by atoms with van der Waals surface area (Å²) in [5.74, 6) is 0. The van der Waals surface area contributed by atoms with E-state index in [9.17, 15) is 4.79 Å². The molecule has 0 aromatic heterocycles. The van der Waals surface area contributed by atoms with Crippen molar-refractivity contribution >= 4 is 6.03 Å². The summed E-state index contributed by atoms with van der Waals surface area (Å²) >= 11 is 0. The smallest absolute Gasteiger partial charge is 0.317 e. The second-order valence-corrected chi connectivity index (χ2v) is 4.78. The fourth-order valence-electron chi connectivity index (χ4n) is 1.12. The third-order valence-electron chi connectivity index (χ3n) is 1.72. The van der Waals surface area contributed by atoms with Gasteiger partial charge in [0.05, 0.1) is 6.61 Å². The molecule has 3 N–H and O–H groups in total. The van der Waals surface area contributed by atoms with Crippen molar-refractivity contribution in [2.75, 3.05) is 27.3 Å². The molecule has 0 aliphatic rings. The van der Waals surface area contributed by atoms with E-state index in [1.54, 1.807) is 19.1 Å². The zero-order valence-corrected chi connectivity index (χ0v) is 10.3. The molecule has 0 saturated carbocycles. The first-order valence-corrected chi connectivity index (χ1v) is 5.04. The molecule has 2 amide bonds. The highest BCUT2D eigenvalue weighted by molar-refractivity contribution is 5.74. The summed E-state index contributed by atoms with van der Waals surface area (Å²) in [6, 6.07) is -0.264. The number of hydrogen-bond donors (Lipinski definition) is 2. The van der Waals surface area contributed by atoms with Crippen LogP contribution >= 0.6 is 0 Å². The van der Waals surface area contributed by atoms with Crippen LogP contribution in [0.4, 0.5) is 4.79 Å². The van der Waals surface area contributed by atoms with E-state index < -0.39 is 0 Å². The number of rotatable bonds is 4. The SMILES string of the molecule is COCC(N)CN(C)C(=O)NC(C)(C)C. The lowest BCUT2D eigenvalue weighted by Crippen LogP contribution is -2.50. The Morgan fingerprint density at radius 2 is 2.07 bits per heavy atom. The summed E-state index contributed by atoms with van der Waals surface area (Å²) in [5, 5.41) is 2.86. The Balaban J connectivity index is 3.99. The molecule has 1 unspecified atom stereocenters.